The molecule has 34 heavy (non-hydrogen) atoms. The van der Waals surface area contributed by atoms with Gasteiger partial charge in [0.2, 0.25) is 15.8 Å². The number of nitrogens with zero attached hydrogens (tertiary/aromatic N) is 4. The average molecular weight is 489 g/mol. The van der Waals surface area contributed by atoms with Crippen molar-refractivity contribution in [3.8, 4) is 11.4 Å². The molecule has 0 bridgehead atoms. The Hall–Kier alpha value is -3.28. The molecule has 0 atom stereocenters. The Kier molecular flexibility index (Phi) is 7.25. The smallest absolute Gasteiger partial charge is 0.316 e. The van der Waals surface area contributed by atoms with Crippen LogP contribution in [-0.4, -0.2) is 67.0 Å². The SMILES string of the molecule is O=c1c(OCCO)c(N2CCN(S(=O)(=O)Cc3ccccc3)CC2)cnn1-c1ccc(F)cc1. The van der Waals surface area contributed by atoms with Crippen LogP contribution in [0.4, 0.5) is 10.1 Å². The normalized spacial score (nSPS) is 14.8. The largest absolute Gasteiger partial charge is 0.484 e. The molecule has 1 aromatic heterocycles. The van der Waals surface area contributed by atoms with E-state index in [-0.39, 0.29) is 37.8 Å². The van der Waals surface area contributed by atoms with Crippen LogP contribution >= 0.6 is 0 Å². The summed E-state index contributed by atoms with van der Waals surface area (Å²) in [5, 5.41) is 13.4. The van der Waals surface area contributed by atoms with Crippen LogP contribution in [-0.2, 0) is 15.8 Å². The molecule has 0 unspecified atom stereocenters. The number of halogens is 1. The molecule has 0 spiro atoms. The van der Waals surface area contributed by atoms with Gasteiger partial charge in [0, 0.05) is 26.2 Å². The van der Waals surface area contributed by atoms with Crippen molar-refractivity contribution in [1.82, 2.24) is 14.1 Å². The lowest BCUT2D eigenvalue weighted by molar-refractivity contribution is 0.199. The van der Waals surface area contributed by atoms with Gasteiger partial charge in [0.1, 0.15) is 18.1 Å². The van der Waals surface area contributed by atoms with E-state index in [1.54, 1.807) is 24.3 Å². The summed E-state index contributed by atoms with van der Waals surface area (Å²) in [7, 11) is -3.49. The van der Waals surface area contributed by atoms with Crippen LogP contribution in [0.2, 0.25) is 0 Å². The molecule has 180 valence electrons. The molecule has 4 rings (SSSR count). The van der Waals surface area contributed by atoms with Gasteiger partial charge in [-0.1, -0.05) is 30.3 Å². The van der Waals surface area contributed by atoms with Gasteiger partial charge in [-0.3, -0.25) is 4.79 Å². The van der Waals surface area contributed by atoms with Crippen LogP contribution in [0.25, 0.3) is 5.69 Å². The zero-order chi connectivity index (χ0) is 24.1. The van der Waals surface area contributed by atoms with Gasteiger partial charge in [-0.2, -0.15) is 14.1 Å². The first-order chi connectivity index (χ1) is 16.4. The lowest BCUT2D eigenvalue weighted by Gasteiger charge is -2.35. The van der Waals surface area contributed by atoms with Gasteiger partial charge in [-0.25, -0.2) is 12.8 Å². The summed E-state index contributed by atoms with van der Waals surface area (Å²) >= 11 is 0. The summed E-state index contributed by atoms with van der Waals surface area (Å²) in [6.07, 6.45) is 1.46. The molecular weight excluding hydrogens is 463 g/mol. The van der Waals surface area contributed by atoms with E-state index < -0.39 is 21.4 Å². The number of benzene rings is 2. The number of aromatic nitrogens is 2. The van der Waals surface area contributed by atoms with Crippen molar-refractivity contribution in [3.63, 3.8) is 0 Å². The van der Waals surface area contributed by atoms with Gasteiger partial charge in [0.15, 0.2) is 0 Å². The van der Waals surface area contributed by atoms with Crippen molar-refractivity contribution in [2.24, 2.45) is 0 Å². The number of hydrogen-bond donors (Lipinski definition) is 1. The standard InChI is InChI=1S/C23H25FN4O5S/c24-19-6-8-20(9-7-19)28-23(30)22(33-15-14-29)21(16-25-28)26-10-12-27(13-11-26)34(31,32)17-18-4-2-1-3-5-18/h1-9,16,29H,10-15,17H2. The lowest BCUT2D eigenvalue weighted by atomic mass is 10.2. The van der Waals surface area contributed by atoms with Crippen LogP contribution in [0, 0.1) is 5.82 Å². The Morgan fingerprint density at radius 3 is 2.32 bits per heavy atom. The van der Waals surface area contributed by atoms with Crippen LogP contribution in [0.5, 0.6) is 5.75 Å². The Bertz CT molecular complexity index is 1270. The number of anilines is 1. The van der Waals surface area contributed by atoms with Gasteiger partial charge >= 0.3 is 5.56 Å². The average Bonchev–Trinajstić information content (AvgIpc) is 2.84. The molecule has 0 radical (unpaired) electrons. The molecule has 1 aliphatic rings. The number of hydrogen-bond acceptors (Lipinski definition) is 7. The fraction of sp³-hybridized carbons (Fsp3) is 0.304. The highest BCUT2D eigenvalue weighted by Crippen LogP contribution is 2.26. The fourth-order valence-electron chi connectivity index (χ4n) is 3.79. The molecule has 2 heterocycles. The summed E-state index contributed by atoms with van der Waals surface area (Å²) < 4.78 is 47.1. The van der Waals surface area contributed by atoms with E-state index >= 15 is 0 Å². The maximum Gasteiger partial charge on any atom is 0.316 e. The molecular formula is C23H25FN4O5S. The first kappa shape index (κ1) is 23.9. The molecule has 1 N–H and O–H groups in total. The predicted octanol–water partition coefficient (Wildman–Crippen LogP) is 1.39. The molecule has 1 saturated heterocycles. The summed E-state index contributed by atoms with van der Waals surface area (Å²) in [6.45, 7) is 0.784. The van der Waals surface area contributed by atoms with E-state index in [4.69, 9.17) is 4.74 Å². The Morgan fingerprint density at radius 1 is 1.00 bits per heavy atom. The van der Waals surface area contributed by atoms with Crippen LogP contribution in [0.3, 0.4) is 0 Å². The molecule has 11 heteroatoms. The van der Waals surface area contributed by atoms with Crippen molar-refractivity contribution in [3.05, 3.63) is 82.5 Å². The van der Waals surface area contributed by atoms with E-state index in [1.807, 2.05) is 11.0 Å². The number of rotatable bonds is 8. The molecule has 0 amide bonds. The summed E-state index contributed by atoms with van der Waals surface area (Å²) in [4.78, 5) is 15.0. The third-order valence-corrected chi connectivity index (χ3v) is 7.34. The van der Waals surface area contributed by atoms with Gasteiger partial charge in [-0.05, 0) is 29.8 Å². The lowest BCUT2D eigenvalue weighted by Crippen LogP contribution is -2.49. The van der Waals surface area contributed by atoms with E-state index in [1.165, 1.54) is 34.8 Å². The number of ether oxygens (including phenoxy) is 1. The van der Waals surface area contributed by atoms with Crippen molar-refractivity contribution < 1.29 is 22.7 Å². The second-order valence-corrected chi connectivity index (χ2v) is 9.72. The molecule has 1 aliphatic heterocycles. The number of aliphatic hydroxyl groups is 1. The highest BCUT2D eigenvalue weighted by Gasteiger charge is 2.29. The molecule has 0 aliphatic carbocycles. The minimum atomic E-state index is -3.49. The Balaban J connectivity index is 1.54. The van der Waals surface area contributed by atoms with Gasteiger partial charge in [0.25, 0.3) is 0 Å². The van der Waals surface area contributed by atoms with Gasteiger partial charge < -0.3 is 14.7 Å². The van der Waals surface area contributed by atoms with E-state index in [0.717, 1.165) is 10.2 Å². The van der Waals surface area contributed by atoms with E-state index in [0.29, 0.717) is 24.5 Å². The van der Waals surface area contributed by atoms with Crippen LogP contribution in [0.15, 0.2) is 65.6 Å². The van der Waals surface area contributed by atoms with Gasteiger partial charge in [0.05, 0.1) is 24.2 Å². The molecule has 1 fully saturated rings. The number of aliphatic hydroxyl groups excluding tert-OH is 1. The van der Waals surface area contributed by atoms with E-state index in [9.17, 15) is 22.7 Å². The van der Waals surface area contributed by atoms with Crippen LogP contribution in [0.1, 0.15) is 5.56 Å². The maximum absolute atomic E-state index is 13.3. The molecule has 0 saturated carbocycles. The third kappa shape index (κ3) is 5.27. The minimum Gasteiger partial charge on any atom is -0.484 e. The third-order valence-electron chi connectivity index (χ3n) is 5.49. The van der Waals surface area contributed by atoms with Crippen molar-refractivity contribution in [1.29, 1.82) is 0 Å². The zero-order valence-corrected chi connectivity index (χ0v) is 19.2. The summed E-state index contributed by atoms with van der Waals surface area (Å²) in [5.74, 6) is -0.521. The van der Waals surface area contributed by atoms with Crippen LogP contribution < -0.4 is 15.2 Å². The molecule has 2 aromatic carbocycles. The number of sulfonamides is 1. The van der Waals surface area contributed by atoms with Gasteiger partial charge in [-0.15, -0.1) is 0 Å². The van der Waals surface area contributed by atoms with Crippen molar-refractivity contribution in [2.75, 3.05) is 44.3 Å². The first-order valence-electron chi connectivity index (χ1n) is 10.8. The summed E-state index contributed by atoms with van der Waals surface area (Å²) in [5.41, 5.74) is 0.940. The van der Waals surface area contributed by atoms with Crippen molar-refractivity contribution >= 4 is 15.7 Å². The second-order valence-electron chi connectivity index (χ2n) is 7.75. The highest BCUT2D eigenvalue weighted by atomic mass is 32.2. The van der Waals surface area contributed by atoms with E-state index in [2.05, 4.69) is 5.10 Å². The van der Waals surface area contributed by atoms with Crippen molar-refractivity contribution in [2.45, 2.75) is 5.75 Å². The highest BCUT2D eigenvalue weighted by molar-refractivity contribution is 7.88. The predicted molar refractivity (Wildman–Crippen MR) is 125 cm³/mol. The maximum atomic E-state index is 13.3. The molecule has 9 nitrogen and oxygen atoms in total. The first-order valence-corrected chi connectivity index (χ1v) is 12.4. The topological polar surface area (TPSA) is 105 Å². The fourth-order valence-corrected chi connectivity index (χ4v) is 5.30. The Morgan fingerprint density at radius 2 is 1.68 bits per heavy atom. The second kappa shape index (κ2) is 10.3. The monoisotopic (exact) mass is 488 g/mol. The molecule has 3 aromatic rings. The Labute approximate surface area is 196 Å². The quantitative estimate of drug-likeness (QED) is 0.511. The number of piperazine rings is 1. The zero-order valence-electron chi connectivity index (χ0n) is 18.4. The summed E-state index contributed by atoms with van der Waals surface area (Å²) in [6, 6.07) is 14.3. The minimum absolute atomic E-state index is 0.00559.